The van der Waals surface area contributed by atoms with Crippen LogP contribution in [-0.2, 0) is 6.18 Å². The van der Waals surface area contributed by atoms with Crippen molar-refractivity contribution in [3.63, 3.8) is 0 Å². The highest BCUT2D eigenvalue weighted by atomic mass is 19.4. The number of nitrogens with one attached hydrogen (secondary N) is 1. The van der Waals surface area contributed by atoms with E-state index in [0.29, 0.717) is 11.7 Å². The van der Waals surface area contributed by atoms with Gasteiger partial charge in [0.2, 0.25) is 0 Å². The molecule has 0 bridgehead atoms. The minimum atomic E-state index is -4.35. The second-order valence-corrected chi connectivity index (χ2v) is 6.73. The van der Waals surface area contributed by atoms with E-state index < -0.39 is 11.7 Å². The lowest BCUT2D eigenvalue weighted by Gasteiger charge is -2.36. The van der Waals surface area contributed by atoms with E-state index in [0.717, 1.165) is 50.7 Å². The lowest BCUT2D eigenvalue weighted by Crippen LogP contribution is -2.45. The van der Waals surface area contributed by atoms with E-state index in [1.807, 2.05) is 0 Å². The Morgan fingerprint density at radius 3 is 2.38 bits per heavy atom. The van der Waals surface area contributed by atoms with Crippen molar-refractivity contribution in [1.82, 2.24) is 10.2 Å². The maximum absolute atomic E-state index is 13.0. The summed E-state index contributed by atoms with van der Waals surface area (Å²) in [6.07, 6.45) is -2.41. The maximum Gasteiger partial charge on any atom is 0.416 e. The summed E-state index contributed by atoms with van der Waals surface area (Å²) in [6.45, 7) is 7.93. The second kappa shape index (κ2) is 8.21. The van der Waals surface area contributed by atoms with Crippen LogP contribution in [0.1, 0.15) is 43.9 Å². The summed E-state index contributed by atoms with van der Waals surface area (Å²) in [5.41, 5.74) is 0.194. The normalized spacial score (nSPS) is 18.0. The molecule has 2 rings (SSSR count). The molecule has 3 nitrogen and oxygen atoms in total. The minimum absolute atomic E-state index is 0.0896. The van der Waals surface area contributed by atoms with Gasteiger partial charge in [-0.15, -0.1) is 0 Å². The van der Waals surface area contributed by atoms with Gasteiger partial charge in [0, 0.05) is 37.8 Å². The predicted molar refractivity (Wildman–Crippen MR) is 89.3 cm³/mol. The van der Waals surface area contributed by atoms with Crippen LogP contribution in [0.5, 0.6) is 5.75 Å². The fourth-order valence-electron chi connectivity index (χ4n) is 3.18. The van der Waals surface area contributed by atoms with Gasteiger partial charge in [-0.3, -0.25) is 4.90 Å². The van der Waals surface area contributed by atoms with E-state index in [4.69, 9.17) is 4.74 Å². The van der Waals surface area contributed by atoms with E-state index in [1.54, 1.807) is 6.07 Å². The number of nitrogens with zero attached hydrogens (tertiary/aromatic N) is 1. The molecule has 1 aliphatic rings. The van der Waals surface area contributed by atoms with Crippen molar-refractivity contribution in [2.24, 2.45) is 5.92 Å². The number of hydrogen-bond acceptors (Lipinski definition) is 3. The van der Waals surface area contributed by atoms with E-state index in [2.05, 4.69) is 24.1 Å². The average molecular weight is 344 g/mol. The molecule has 136 valence electrons. The van der Waals surface area contributed by atoms with Crippen molar-refractivity contribution in [2.45, 2.75) is 38.9 Å². The topological polar surface area (TPSA) is 24.5 Å². The second-order valence-electron chi connectivity index (χ2n) is 6.73. The molecule has 0 spiro atoms. The Balaban J connectivity index is 2.32. The zero-order chi connectivity index (χ0) is 17.7. The smallest absolute Gasteiger partial charge is 0.416 e. The molecule has 1 N–H and O–H groups in total. The van der Waals surface area contributed by atoms with Gasteiger partial charge >= 0.3 is 6.18 Å². The number of halogens is 3. The summed E-state index contributed by atoms with van der Waals surface area (Å²) in [7, 11) is 1.44. The Hall–Kier alpha value is -1.27. The van der Waals surface area contributed by atoms with Crippen LogP contribution >= 0.6 is 0 Å². The number of benzene rings is 1. The maximum atomic E-state index is 13.0. The fraction of sp³-hybridized carbons (Fsp3) is 0.667. The van der Waals surface area contributed by atoms with Gasteiger partial charge in [0.05, 0.1) is 12.7 Å². The molecule has 0 radical (unpaired) electrons. The van der Waals surface area contributed by atoms with Gasteiger partial charge in [0.25, 0.3) is 0 Å². The summed E-state index contributed by atoms with van der Waals surface area (Å²) in [5.74, 6) is 0.882. The monoisotopic (exact) mass is 344 g/mol. The van der Waals surface area contributed by atoms with Crippen LogP contribution in [0.25, 0.3) is 0 Å². The van der Waals surface area contributed by atoms with Crippen molar-refractivity contribution in [3.8, 4) is 5.75 Å². The molecule has 1 aromatic rings. The van der Waals surface area contributed by atoms with Crippen molar-refractivity contribution < 1.29 is 17.9 Å². The zero-order valence-corrected chi connectivity index (χ0v) is 14.6. The molecule has 1 saturated heterocycles. The van der Waals surface area contributed by atoms with Crippen molar-refractivity contribution in [2.75, 3.05) is 33.3 Å². The zero-order valence-electron chi connectivity index (χ0n) is 14.6. The summed E-state index contributed by atoms with van der Waals surface area (Å²) >= 11 is 0. The van der Waals surface area contributed by atoms with Crippen molar-refractivity contribution in [1.29, 1.82) is 0 Å². The third-order valence-corrected chi connectivity index (χ3v) is 4.53. The summed E-state index contributed by atoms with van der Waals surface area (Å²) in [4.78, 5) is 2.35. The summed E-state index contributed by atoms with van der Waals surface area (Å²) in [5, 5.41) is 3.32. The highest BCUT2D eigenvalue weighted by molar-refractivity contribution is 5.41. The van der Waals surface area contributed by atoms with Gasteiger partial charge in [0.1, 0.15) is 5.75 Å². The van der Waals surface area contributed by atoms with Crippen LogP contribution in [0.3, 0.4) is 0 Å². The Kier molecular flexibility index (Phi) is 6.52. The van der Waals surface area contributed by atoms with Gasteiger partial charge in [-0.2, -0.15) is 13.2 Å². The number of hydrogen-bond donors (Lipinski definition) is 1. The Morgan fingerprint density at radius 1 is 1.17 bits per heavy atom. The SMILES string of the molecule is COc1cc(C(F)(F)F)ccc1[C@H](CCC(C)C)N1CCNCC1. The number of ether oxygens (including phenoxy) is 1. The first kappa shape index (κ1) is 19.1. The average Bonchev–Trinajstić information content (AvgIpc) is 2.55. The molecule has 1 atom stereocenters. The predicted octanol–water partition coefficient (Wildman–Crippen LogP) is 4.10. The number of piperazine rings is 1. The van der Waals surface area contributed by atoms with Crippen LogP contribution < -0.4 is 10.1 Å². The van der Waals surface area contributed by atoms with E-state index in [-0.39, 0.29) is 6.04 Å². The van der Waals surface area contributed by atoms with E-state index in [1.165, 1.54) is 13.2 Å². The Bertz CT molecular complexity index is 525. The molecule has 1 aromatic carbocycles. The third kappa shape index (κ3) is 4.86. The molecule has 0 unspecified atom stereocenters. The molecule has 0 aliphatic carbocycles. The van der Waals surface area contributed by atoms with Crippen LogP contribution in [0.2, 0.25) is 0 Å². The lowest BCUT2D eigenvalue weighted by molar-refractivity contribution is -0.137. The highest BCUT2D eigenvalue weighted by Gasteiger charge is 2.33. The van der Waals surface area contributed by atoms with Gasteiger partial charge in [-0.05, 0) is 30.9 Å². The number of alkyl halides is 3. The standard InChI is InChI=1S/C18H27F3N2O/c1-13(2)4-7-16(23-10-8-22-9-11-23)15-6-5-14(18(19,20)21)12-17(15)24-3/h5-6,12-13,16,22H,4,7-11H2,1-3H3/t16-/m0/s1. The molecular formula is C18H27F3N2O. The number of rotatable bonds is 6. The molecule has 0 aromatic heterocycles. The lowest BCUT2D eigenvalue weighted by atomic mass is 9.94. The molecule has 1 fully saturated rings. The van der Waals surface area contributed by atoms with Gasteiger partial charge in [-0.25, -0.2) is 0 Å². The Morgan fingerprint density at radius 2 is 1.83 bits per heavy atom. The molecule has 1 heterocycles. The number of methoxy groups -OCH3 is 1. The first-order valence-corrected chi connectivity index (χ1v) is 8.52. The largest absolute Gasteiger partial charge is 0.496 e. The summed E-state index contributed by atoms with van der Waals surface area (Å²) in [6, 6.07) is 3.98. The molecule has 6 heteroatoms. The highest BCUT2D eigenvalue weighted by Crippen LogP contribution is 2.38. The molecule has 24 heavy (non-hydrogen) atoms. The fourth-order valence-corrected chi connectivity index (χ4v) is 3.18. The van der Waals surface area contributed by atoms with Gasteiger partial charge in [-0.1, -0.05) is 19.9 Å². The molecule has 0 amide bonds. The van der Waals surface area contributed by atoms with E-state index in [9.17, 15) is 13.2 Å². The van der Waals surface area contributed by atoms with Gasteiger partial charge in [0.15, 0.2) is 0 Å². The van der Waals surface area contributed by atoms with Crippen LogP contribution in [-0.4, -0.2) is 38.2 Å². The molecular weight excluding hydrogens is 317 g/mol. The van der Waals surface area contributed by atoms with Crippen molar-refractivity contribution >= 4 is 0 Å². The van der Waals surface area contributed by atoms with Crippen LogP contribution in [0.4, 0.5) is 13.2 Å². The van der Waals surface area contributed by atoms with Crippen molar-refractivity contribution in [3.05, 3.63) is 29.3 Å². The van der Waals surface area contributed by atoms with E-state index >= 15 is 0 Å². The first-order chi connectivity index (χ1) is 11.3. The van der Waals surface area contributed by atoms with Crippen LogP contribution in [0, 0.1) is 5.92 Å². The quantitative estimate of drug-likeness (QED) is 0.841. The van der Waals surface area contributed by atoms with Crippen LogP contribution in [0.15, 0.2) is 18.2 Å². The third-order valence-electron chi connectivity index (χ3n) is 4.53. The van der Waals surface area contributed by atoms with Gasteiger partial charge < -0.3 is 10.1 Å². The Labute approximate surface area is 142 Å². The molecule has 1 aliphatic heterocycles. The molecule has 0 saturated carbocycles. The minimum Gasteiger partial charge on any atom is -0.496 e. The summed E-state index contributed by atoms with van der Waals surface area (Å²) < 4.78 is 44.2. The first-order valence-electron chi connectivity index (χ1n) is 8.52.